The van der Waals surface area contributed by atoms with Crippen molar-refractivity contribution in [2.24, 2.45) is 0 Å². The minimum Gasteiger partial charge on any atom is -0.334 e. The first kappa shape index (κ1) is 14.8. The molecule has 0 radical (unpaired) electrons. The first-order valence-corrected chi connectivity index (χ1v) is 10.0. The highest BCUT2D eigenvalue weighted by molar-refractivity contribution is 7.91. The molecule has 1 N–H and O–H groups in total. The Bertz CT molecular complexity index is 638. The molecule has 0 saturated carbocycles. The molecular formula is C14H20N2O3S2. The van der Waals surface area contributed by atoms with E-state index in [4.69, 9.17) is 0 Å². The molecule has 0 spiro atoms. The third kappa shape index (κ3) is 2.94. The number of carbonyl (C=O) groups is 1. The van der Waals surface area contributed by atoms with E-state index < -0.39 is 9.84 Å². The van der Waals surface area contributed by atoms with E-state index in [0.717, 1.165) is 12.8 Å². The lowest BCUT2D eigenvalue weighted by Gasteiger charge is -2.36. The highest BCUT2D eigenvalue weighted by Crippen LogP contribution is 2.35. The number of hydrogen-bond acceptors (Lipinski definition) is 4. The summed E-state index contributed by atoms with van der Waals surface area (Å²) in [6, 6.07) is 1.86. The summed E-state index contributed by atoms with van der Waals surface area (Å²) >= 11 is 1.75. The fourth-order valence-corrected chi connectivity index (χ4v) is 5.85. The summed E-state index contributed by atoms with van der Waals surface area (Å²) in [4.78, 5) is 15.7. The molecule has 116 valence electrons. The zero-order valence-electron chi connectivity index (χ0n) is 12.0. The van der Waals surface area contributed by atoms with E-state index in [1.807, 2.05) is 4.90 Å². The van der Waals surface area contributed by atoms with Gasteiger partial charge in [-0.3, -0.25) is 0 Å². The van der Waals surface area contributed by atoms with Crippen LogP contribution >= 0.6 is 11.3 Å². The second-order valence-corrected chi connectivity index (χ2v) is 8.95. The largest absolute Gasteiger partial charge is 0.334 e. The van der Waals surface area contributed by atoms with E-state index in [1.54, 1.807) is 11.3 Å². The van der Waals surface area contributed by atoms with Crippen molar-refractivity contribution < 1.29 is 13.2 Å². The van der Waals surface area contributed by atoms with E-state index in [1.165, 1.54) is 10.4 Å². The second kappa shape index (κ2) is 5.61. The minimum atomic E-state index is -2.96. The van der Waals surface area contributed by atoms with Crippen molar-refractivity contribution in [3.63, 3.8) is 0 Å². The molecule has 0 aromatic carbocycles. The Labute approximate surface area is 129 Å². The number of sulfone groups is 1. The summed E-state index contributed by atoms with van der Waals surface area (Å²) in [6.07, 6.45) is 2.29. The zero-order valence-corrected chi connectivity index (χ0v) is 13.7. The first-order valence-electron chi connectivity index (χ1n) is 7.34. The molecular weight excluding hydrogens is 308 g/mol. The van der Waals surface area contributed by atoms with Gasteiger partial charge in [0.25, 0.3) is 0 Å². The smallest absolute Gasteiger partial charge is 0.318 e. The van der Waals surface area contributed by atoms with Crippen molar-refractivity contribution in [1.29, 1.82) is 0 Å². The second-order valence-electron chi connectivity index (χ2n) is 5.72. The van der Waals surface area contributed by atoms with Gasteiger partial charge in [-0.2, -0.15) is 0 Å². The SMILES string of the molecule is CC[C@@H]1c2ccsc2CCN1C(=O)N[C@@H]1CCS(=O)(=O)C1. The maximum atomic E-state index is 12.5. The topological polar surface area (TPSA) is 66.5 Å². The Hall–Kier alpha value is -1.08. The summed E-state index contributed by atoms with van der Waals surface area (Å²) in [5.74, 6) is 0.261. The van der Waals surface area contributed by atoms with E-state index in [0.29, 0.717) is 13.0 Å². The van der Waals surface area contributed by atoms with Crippen LogP contribution in [0.2, 0.25) is 0 Å². The number of fused-ring (bicyclic) bond motifs is 1. The Balaban J connectivity index is 1.70. The molecule has 21 heavy (non-hydrogen) atoms. The van der Waals surface area contributed by atoms with Gasteiger partial charge in [0, 0.05) is 17.5 Å². The van der Waals surface area contributed by atoms with Gasteiger partial charge < -0.3 is 10.2 Å². The summed E-state index contributed by atoms with van der Waals surface area (Å²) in [7, 11) is -2.96. The van der Waals surface area contributed by atoms with Crippen molar-refractivity contribution in [2.45, 2.75) is 38.3 Å². The normalized spacial score (nSPS) is 27.4. The number of nitrogens with zero attached hydrogens (tertiary/aromatic N) is 1. The van der Waals surface area contributed by atoms with E-state index >= 15 is 0 Å². The predicted molar refractivity (Wildman–Crippen MR) is 83.4 cm³/mol. The molecule has 5 nitrogen and oxygen atoms in total. The minimum absolute atomic E-state index is 0.0765. The molecule has 3 rings (SSSR count). The number of rotatable bonds is 2. The van der Waals surface area contributed by atoms with Gasteiger partial charge in [0.2, 0.25) is 0 Å². The van der Waals surface area contributed by atoms with Crippen LogP contribution in [0.1, 0.15) is 36.2 Å². The lowest BCUT2D eigenvalue weighted by atomic mass is 9.98. The Kier molecular flexibility index (Phi) is 3.96. The number of amides is 2. The molecule has 2 aliphatic heterocycles. The molecule has 1 fully saturated rings. The summed E-state index contributed by atoms with van der Waals surface area (Å²) in [5.41, 5.74) is 1.25. The predicted octanol–water partition coefficient (Wildman–Crippen LogP) is 1.95. The van der Waals surface area contributed by atoms with Crippen LogP contribution in [0.5, 0.6) is 0 Å². The average Bonchev–Trinajstić information content (AvgIpc) is 3.03. The van der Waals surface area contributed by atoms with E-state index in [-0.39, 0.29) is 29.6 Å². The van der Waals surface area contributed by atoms with E-state index in [2.05, 4.69) is 23.7 Å². The molecule has 1 saturated heterocycles. The molecule has 2 amide bonds. The van der Waals surface area contributed by atoms with Gasteiger partial charge in [0.05, 0.1) is 17.5 Å². The Morgan fingerprint density at radius 1 is 1.52 bits per heavy atom. The molecule has 3 heterocycles. The van der Waals surface area contributed by atoms with Gasteiger partial charge in [-0.1, -0.05) is 6.92 Å². The highest BCUT2D eigenvalue weighted by atomic mass is 32.2. The standard InChI is InChI=1S/C14H20N2O3S2/c1-2-12-11-4-7-20-13(11)3-6-16(12)14(17)15-10-5-8-21(18,19)9-10/h4,7,10,12H,2-3,5-6,8-9H2,1H3,(H,15,17)/t10-,12-/m1/s1. The number of nitrogens with one attached hydrogen (secondary N) is 1. The van der Waals surface area contributed by atoms with Crippen LogP contribution in [0, 0.1) is 0 Å². The number of hydrogen-bond donors (Lipinski definition) is 1. The number of urea groups is 1. The summed E-state index contributed by atoms with van der Waals surface area (Å²) < 4.78 is 23.0. The van der Waals surface area contributed by atoms with Gasteiger partial charge >= 0.3 is 6.03 Å². The lowest BCUT2D eigenvalue weighted by Crippen LogP contribution is -2.48. The van der Waals surface area contributed by atoms with Gasteiger partial charge in [-0.15, -0.1) is 11.3 Å². The average molecular weight is 328 g/mol. The third-order valence-electron chi connectivity index (χ3n) is 4.30. The molecule has 2 atom stereocenters. The fourth-order valence-electron chi connectivity index (χ4n) is 3.25. The van der Waals surface area contributed by atoms with Crippen molar-refractivity contribution in [2.75, 3.05) is 18.1 Å². The van der Waals surface area contributed by atoms with Crippen LogP contribution in [0.15, 0.2) is 11.4 Å². The first-order chi connectivity index (χ1) is 10.00. The molecule has 1 aromatic rings. The van der Waals surface area contributed by atoms with Gasteiger partial charge in [-0.05, 0) is 36.3 Å². The monoisotopic (exact) mass is 328 g/mol. The van der Waals surface area contributed by atoms with Crippen LogP contribution in [0.4, 0.5) is 4.79 Å². The van der Waals surface area contributed by atoms with Crippen molar-refractivity contribution in [3.05, 3.63) is 21.9 Å². The highest BCUT2D eigenvalue weighted by Gasteiger charge is 2.34. The lowest BCUT2D eigenvalue weighted by molar-refractivity contribution is 0.165. The van der Waals surface area contributed by atoms with Crippen LogP contribution in [-0.4, -0.2) is 43.4 Å². The molecule has 0 bridgehead atoms. The summed E-state index contributed by atoms with van der Waals surface area (Å²) in [5, 5.41) is 4.98. The molecule has 7 heteroatoms. The van der Waals surface area contributed by atoms with Gasteiger partial charge in [0.15, 0.2) is 9.84 Å². The van der Waals surface area contributed by atoms with Crippen LogP contribution in [0.25, 0.3) is 0 Å². The zero-order chi connectivity index (χ0) is 15.0. The molecule has 0 unspecified atom stereocenters. The number of thiophene rings is 1. The summed E-state index contributed by atoms with van der Waals surface area (Å²) in [6.45, 7) is 2.79. The van der Waals surface area contributed by atoms with Crippen molar-refractivity contribution >= 4 is 27.2 Å². The maximum absolute atomic E-state index is 12.5. The van der Waals surface area contributed by atoms with Gasteiger partial charge in [0.1, 0.15) is 0 Å². The third-order valence-corrected chi connectivity index (χ3v) is 7.07. The molecule has 2 aliphatic rings. The Morgan fingerprint density at radius 3 is 3.00 bits per heavy atom. The van der Waals surface area contributed by atoms with E-state index in [9.17, 15) is 13.2 Å². The van der Waals surface area contributed by atoms with Gasteiger partial charge in [-0.25, -0.2) is 13.2 Å². The fraction of sp³-hybridized carbons (Fsp3) is 0.643. The molecule has 0 aliphatic carbocycles. The van der Waals surface area contributed by atoms with Crippen LogP contribution < -0.4 is 5.32 Å². The maximum Gasteiger partial charge on any atom is 0.318 e. The van der Waals surface area contributed by atoms with Crippen molar-refractivity contribution in [3.8, 4) is 0 Å². The Morgan fingerprint density at radius 2 is 2.33 bits per heavy atom. The van der Waals surface area contributed by atoms with Crippen molar-refractivity contribution in [1.82, 2.24) is 10.2 Å². The van der Waals surface area contributed by atoms with Crippen LogP contribution in [-0.2, 0) is 16.3 Å². The molecule has 1 aromatic heterocycles. The quantitative estimate of drug-likeness (QED) is 0.902. The number of carbonyl (C=O) groups excluding carboxylic acids is 1. The van der Waals surface area contributed by atoms with Crippen LogP contribution in [0.3, 0.4) is 0 Å².